The molecule has 2 nitrogen and oxygen atoms in total. The van der Waals surface area contributed by atoms with Crippen molar-refractivity contribution in [2.24, 2.45) is 0 Å². The van der Waals surface area contributed by atoms with Crippen LogP contribution in [0.4, 0.5) is 17.1 Å². The first-order valence-corrected chi connectivity index (χ1v) is 20.3. The molecule has 0 unspecified atom stereocenters. The molecule has 274 valence electrons. The third-order valence-corrected chi connectivity index (χ3v) is 13.1. The second kappa shape index (κ2) is 12.2. The maximum absolute atomic E-state index is 6.73. The molecule has 3 aliphatic rings. The van der Waals surface area contributed by atoms with Crippen molar-refractivity contribution in [2.75, 3.05) is 4.90 Å². The predicted octanol–water partition coefficient (Wildman–Crippen LogP) is 14.8. The molecule has 0 bridgehead atoms. The zero-order valence-electron chi connectivity index (χ0n) is 32.4. The van der Waals surface area contributed by atoms with Crippen LogP contribution in [-0.4, -0.2) is 0 Å². The Morgan fingerprint density at radius 2 is 0.983 bits per heavy atom. The van der Waals surface area contributed by atoms with E-state index in [4.69, 9.17) is 4.74 Å². The fourth-order valence-electron chi connectivity index (χ4n) is 10.5. The van der Waals surface area contributed by atoms with Crippen LogP contribution in [0.3, 0.4) is 0 Å². The zero-order chi connectivity index (χ0) is 38.6. The highest BCUT2D eigenvalue weighted by Crippen LogP contribution is 2.64. The van der Waals surface area contributed by atoms with Gasteiger partial charge in [0.25, 0.3) is 0 Å². The van der Waals surface area contributed by atoms with E-state index in [-0.39, 0.29) is 5.41 Å². The number of ether oxygens (including phenoxy) is 1. The number of hydrogen-bond acceptors (Lipinski definition) is 2. The van der Waals surface area contributed by atoms with Crippen molar-refractivity contribution in [1.82, 2.24) is 0 Å². The first kappa shape index (κ1) is 33.0. The maximum Gasteiger partial charge on any atom is 0.132 e. The Bertz CT molecular complexity index is 3090. The second-order valence-electron chi connectivity index (χ2n) is 16.4. The summed E-state index contributed by atoms with van der Waals surface area (Å²) in [6.45, 7) is 4.70. The Morgan fingerprint density at radius 1 is 0.379 bits per heavy atom. The van der Waals surface area contributed by atoms with Gasteiger partial charge in [0.1, 0.15) is 11.5 Å². The highest BCUT2D eigenvalue weighted by Gasteiger charge is 2.51. The number of para-hydroxylation sites is 2. The zero-order valence-corrected chi connectivity index (χ0v) is 32.4. The fraction of sp³-hybridized carbons (Fsp3) is 0.0714. The summed E-state index contributed by atoms with van der Waals surface area (Å²) < 4.78 is 6.73. The van der Waals surface area contributed by atoms with Gasteiger partial charge in [-0.2, -0.15) is 0 Å². The van der Waals surface area contributed by atoms with Crippen LogP contribution in [-0.2, 0) is 10.8 Å². The summed E-state index contributed by atoms with van der Waals surface area (Å²) in [4.78, 5) is 2.47. The molecule has 0 fully saturated rings. The van der Waals surface area contributed by atoms with Crippen molar-refractivity contribution < 1.29 is 4.74 Å². The van der Waals surface area contributed by atoms with Crippen molar-refractivity contribution in [1.29, 1.82) is 0 Å². The van der Waals surface area contributed by atoms with Gasteiger partial charge in [0, 0.05) is 33.6 Å². The van der Waals surface area contributed by atoms with E-state index >= 15 is 0 Å². The molecule has 1 heterocycles. The third kappa shape index (κ3) is 4.49. The van der Waals surface area contributed by atoms with Gasteiger partial charge in [-0.15, -0.1) is 0 Å². The number of benzene rings is 9. The molecule has 9 aromatic carbocycles. The number of rotatable bonds is 4. The fourth-order valence-corrected chi connectivity index (χ4v) is 10.5. The van der Waals surface area contributed by atoms with Crippen LogP contribution in [0.5, 0.6) is 11.5 Å². The summed E-state index contributed by atoms with van der Waals surface area (Å²) in [5.74, 6) is 1.79. The molecule has 0 amide bonds. The second-order valence-corrected chi connectivity index (χ2v) is 16.4. The average molecular weight is 742 g/mol. The molecule has 1 aliphatic heterocycles. The van der Waals surface area contributed by atoms with Gasteiger partial charge in [-0.1, -0.05) is 166 Å². The van der Waals surface area contributed by atoms with Gasteiger partial charge in [0.05, 0.1) is 5.41 Å². The van der Waals surface area contributed by atoms with Crippen LogP contribution in [0, 0.1) is 0 Å². The third-order valence-electron chi connectivity index (χ3n) is 13.1. The topological polar surface area (TPSA) is 12.5 Å². The van der Waals surface area contributed by atoms with Crippen molar-refractivity contribution in [3.63, 3.8) is 0 Å². The van der Waals surface area contributed by atoms with E-state index in [9.17, 15) is 0 Å². The van der Waals surface area contributed by atoms with Crippen molar-refractivity contribution in [3.05, 3.63) is 234 Å². The SMILES string of the molecule is CC1(C)c2ccccc2-c2cc(N(c3cccc(-c4ccccc4)c3)c3ccc4c(c3)C3(c5ccccc5Oc5ccccc53)c3ccc5ccccc5c3-4)ccc21. The summed E-state index contributed by atoms with van der Waals surface area (Å²) in [5, 5.41) is 2.50. The van der Waals surface area contributed by atoms with Crippen LogP contribution in [0.2, 0.25) is 0 Å². The van der Waals surface area contributed by atoms with Crippen molar-refractivity contribution in [2.45, 2.75) is 24.7 Å². The molecular formula is C56H39NO. The average Bonchev–Trinajstić information content (AvgIpc) is 3.69. The standard InChI is InChI=1S/C56H39NO/c1-55(2)46-22-9-8-21-43(46)45-34-40(29-32-47(45)55)57(39-19-14-18-38(33-39)36-15-4-3-5-16-36)41-28-30-44-51(35-41)56(50-31-27-37-17-6-7-20-42(37)54(44)50)48-23-10-12-25-52(48)58-53-26-13-11-24-49(53)56/h3-35H,1-2H3. The van der Waals surface area contributed by atoms with E-state index in [2.05, 4.69) is 219 Å². The van der Waals surface area contributed by atoms with Crippen LogP contribution in [0.25, 0.3) is 44.2 Å². The van der Waals surface area contributed by atoms with Gasteiger partial charge >= 0.3 is 0 Å². The van der Waals surface area contributed by atoms with Crippen LogP contribution >= 0.6 is 0 Å². The molecule has 0 saturated heterocycles. The van der Waals surface area contributed by atoms with E-state index in [0.717, 1.165) is 39.7 Å². The number of anilines is 3. The Hall–Kier alpha value is -7.16. The number of hydrogen-bond donors (Lipinski definition) is 0. The largest absolute Gasteiger partial charge is 0.457 e. The van der Waals surface area contributed by atoms with Gasteiger partial charge in [-0.3, -0.25) is 0 Å². The molecule has 9 aromatic rings. The van der Waals surface area contributed by atoms with Crippen LogP contribution in [0.1, 0.15) is 47.2 Å². The van der Waals surface area contributed by atoms with Gasteiger partial charge in [0.2, 0.25) is 0 Å². The molecule has 58 heavy (non-hydrogen) atoms. The Balaban J connectivity index is 1.16. The first-order valence-electron chi connectivity index (χ1n) is 20.3. The Morgan fingerprint density at radius 3 is 1.79 bits per heavy atom. The lowest BCUT2D eigenvalue weighted by atomic mass is 9.66. The molecule has 12 rings (SSSR count). The molecule has 1 spiro atoms. The molecular weight excluding hydrogens is 703 g/mol. The molecule has 0 saturated carbocycles. The minimum atomic E-state index is -0.603. The minimum absolute atomic E-state index is 0.0825. The summed E-state index contributed by atoms with van der Waals surface area (Å²) in [6, 6.07) is 73.7. The van der Waals surface area contributed by atoms with Crippen LogP contribution < -0.4 is 9.64 Å². The normalized spacial score (nSPS) is 14.4. The van der Waals surface area contributed by atoms with E-state index in [0.29, 0.717) is 0 Å². The van der Waals surface area contributed by atoms with E-state index in [1.807, 2.05) is 0 Å². The quantitative estimate of drug-likeness (QED) is 0.178. The molecule has 0 N–H and O–H groups in total. The summed E-state index contributed by atoms with van der Waals surface area (Å²) >= 11 is 0. The summed E-state index contributed by atoms with van der Waals surface area (Å²) in [5.41, 5.74) is 17.8. The molecule has 2 heteroatoms. The highest BCUT2D eigenvalue weighted by atomic mass is 16.5. The van der Waals surface area contributed by atoms with E-state index < -0.39 is 5.41 Å². The highest BCUT2D eigenvalue weighted by molar-refractivity contribution is 6.05. The molecule has 2 aliphatic carbocycles. The van der Waals surface area contributed by atoms with Gasteiger partial charge in [-0.25, -0.2) is 0 Å². The van der Waals surface area contributed by atoms with Crippen molar-refractivity contribution in [3.8, 4) is 44.9 Å². The Labute approximate surface area is 339 Å². The van der Waals surface area contributed by atoms with E-state index in [1.165, 1.54) is 66.4 Å². The van der Waals surface area contributed by atoms with Gasteiger partial charge in [0.15, 0.2) is 0 Å². The van der Waals surface area contributed by atoms with Gasteiger partial charge < -0.3 is 9.64 Å². The predicted molar refractivity (Wildman–Crippen MR) is 239 cm³/mol. The lowest BCUT2D eigenvalue weighted by Crippen LogP contribution is -2.32. The van der Waals surface area contributed by atoms with Crippen molar-refractivity contribution >= 4 is 27.8 Å². The molecule has 0 aromatic heterocycles. The smallest absolute Gasteiger partial charge is 0.132 e. The maximum atomic E-state index is 6.73. The van der Waals surface area contributed by atoms with Crippen LogP contribution in [0.15, 0.2) is 200 Å². The summed E-state index contributed by atoms with van der Waals surface area (Å²) in [6.07, 6.45) is 0. The first-order chi connectivity index (χ1) is 28.5. The van der Waals surface area contributed by atoms with Gasteiger partial charge in [-0.05, 0) is 115 Å². The molecule has 0 atom stereocenters. The van der Waals surface area contributed by atoms with E-state index in [1.54, 1.807) is 0 Å². The number of nitrogens with zero attached hydrogens (tertiary/aromatic N) is 1. The minimum Gasteiger partial charge on any atom is -0.457 e. The lowest BCUT2D eigenvalue weighted by Gasteiger charge is -2.39. The Kier molecular flexibility index (Phi) is 6.93. The monoisotopic (exact) mass is 741 g/mol. The molecule has 0 radical (unpaired) electrons. The number of fused-ring (bicyclic) bond motifs is 14. The summed E-state index contributed by atoms with van der Waals surface area (Å²) in [7, 11) is 0. The lowest BCUT2D eigenvalue weighted by molar-refractivity contribution is 0.436.